The van der Waals surface area contributed by atoms with Crippen LogP contribution in [0.25, 0.3) is 0 Å². The highest BCUT2D eigenvalue weighted by atomic mass is 16.3. The van der Waals surface area contributed by atoms with Gasteiger partial charge in [0.1, 0.15) is 0 Å². The minimum atomic E-state index is 0.0762. The third kappa shape index (κ3) is 3.21. The predicted octanol–water partition coefficient (Wildman–Crippen LogP) is 2.71. The standard InChI is InChI=1S/C14H27NO/c1-2-3-12-6-8-14(11-16,9-7-12)15-10-13-4-5-13/h12-13,15-16H,2-11H2,1H3. The number of hydrogen-bond acceptors (Lipinski definition) is 2. The molecule has 94 valence electrons. The van der Waals surface area contributed by atoms with E-state index in [4.69, 9.17) is 0 Å². The molecule has 0 aromatic heterocycles. The van der Waals surface area contributed by atoms with Gasteiger partial charge in [0.15, 0.2) is 0 Å². The first-order valence-corrected chi connectivity index (χ1v) is 7.14. The number of hydrogen-bond donors (Lipinski definition) is 2. The Bertz CT molecular complexity index is 205. The van der Waals surface area contributed by atoms with Crippen LogP contribution in [0.15, 0.2) is 0 Å². The molecule has 0 unspecified atom stereocenters. The van der Waals surface area contributed by atoms with E-state index in [0.717, 1.165) is 18.4 Å². The van der Waals surface area contributed by atoms with Crippen LogP contribution < -0.4 is 5.32 Å². The van der Waals surface area contributed by atoms with Crippen LogP contribution >= 0.6 is 0 Å². The normalized spacial score (nSPS) is 35.2. The van der Waals surface area contributed by atoms with E-state index in [1.807, 2.05) is 0 Å². The summed E-state index contributed by atoms with van der Waals surface area (Å²) in [7, 11) is 0. The highest BCUT2D eigenvalue weighted by Gasteiger charge is 2.35. The van der Waals surface area contributed by atoms with Gasteiger partial charge in [0, 0.05) is 5.54 Å². The van der Waals surface area contributed by atoms with Gasteiger partial charge in [-0.05, 0) is 56.9 Å². The van der Waals surface area contributed by atoms with Crippen molar-refractivity contribution in [1.82, 2.24) is 5.32 Å². The minimum Gasteiger partial charge on any atom is -0.394 e. The second kappa shape index (κ2) is 5.50. The molecule has 0 aliphatic heterocycles. The van der Waals surface area contributed by atoms with E-state index >= 15 is 0 Å². The Balaban J connectivity index is 1.76. The van der Waals surface area contributed by atoms with Gasteiger partial charge in [0.25, 0.3) is 0 Å². The summed E-state index contributed by atoms with van der Waals surface area (Å²) in [4.78, 5) is 0. The van der Waals surface area contributed by atoms with Crippen LogP contribution in [-0.2, 0) is 0 Å². The Hall–Kier alpha value is -0.0800. The van der Waals surface area contributed by atoms with Gasteiger partial charge >= 0.3 is 0 Å². The molecule has 0 amide bonds. The molecule has 0 heterocycles. The van der Waals surface area contributed by atoms with Crippen LogP contribution in [0.5, 0.6) is 0 Å². The van der Waals surface area contributed by atoms with Crippen molar-refractivity contribution in [3.05, 3.63) is 0 Å². The lowest BCUT2D eigenvalue weighted by Crippen LogP contribution is -2.51. The van der Waals surface area contributed by atoms with E-state index in [1.165, 1.54) is 51.4 Å². The van der Waals surface area contributed by atoms with E-state index in [9.17, 15) is 5.11 Å². The second-order valence-corrected chi connectivity index (χ2v) is 5.99. The first-order valence-electron chi connectivity index (χ1n) is 7.14. The molecule has 2 saturated carbocycles. The Morgan fingerprint density at radius 2 is 1.81 bits per heavy atom. The van der Waals surface area contributed by atoms with Gasteiger partial charge in [0.2, 0.25) is 0 Å². The summed E-state index contributed by atoms with van der Waals surface area (Å²) >= 11 is 0. The fourth-order valence-corrected chi connectivity index (χ4v) is 3.00. The van der Waals surface area contributed by atoms with Crippen molar-refractivity contribution in [2.24, 2.45) is 11.8 Å². The Morgan fingerprint density at radius 3 is 2.31 bits per heavy atom. The molecule has 2 N–H and O–H groups in total. The lowest BCUT2D eigenvalue weighted by atomic mass is 9.75. The SMILES string of the molecule is CCCC1CCC(CO)(NCC2CC2)CC1. The Kier molecular flexibility index (Phi) is 4.26. The Morgan fingerprint density at radius 1 is 1.12 bits per heavy atom. The summed E-state index contributed by atoms with van der Waals surface area (Å²) in [6, 6.07) is 0. The zero-order valence-corrected chi connectivity index (χ0v) is 10.7. The molecule has 0 bridgehead atoms. The first-order chi connectivity index (χ1) is 7.78. The zero-order chi connectivity index (χ0) is 11.4. The van der Waals surface area contributed by atoms with E-state index < -0.39 is 0 Å². The summed E-state index contributed by atoms with van der Waals surface area (Å²) < 4.78 is 0. The van der Waals surface area contributed by atoms with E-state index in [0.29, 0.717) is 6.61 Å². The van der Waals surface area contributed by atoms with Gasteiger partial charge in [-0.3, -0.25) is 0 Å². The third-order valence-corrected chi connectivity index (χ3v) is 4.52. The average molecular weight is 225 g/mol. The summed E-state index contributed by atoms with van der Waals surface area (Å²) in [6.07, 6.45) is 10.5. The molecule has 16 heavy (non-hydrogen) atoms. The van der Waals surface area contributed by atoms with Crippen LogP contribution in [0.2, 0.25) is 0 Å². The van der Waals surface area contributed by atoms with Gasteiger partial charge < -0.3 is 10.4 Å². The van der Waals surface area contributed by atoms with E-state index in [-0.39, 0.29) is 5.54 Å². The first kappa shape index (κ1) is 12.4. The number of nitrogens with one attached hydrogen (secondary N) is 1. The van der Waals surface area contributed by atoms with Gasteiger partial charge in [-0.25, -0.2) is 0 Å². The number of aliphatic hydroxyl groups excluding tert-OH is 1. The maximum absolute atomic E-state index is 9.63. The van der Waals surface area contributed by atoms with Crippen molar-refractivity contribution >= 4 is 0 Å². The van der Waals surface area contributed by atoms with Crippen LogP contribution in [0.3, 0.4) is 0 Å². The van der Waals surface area contributed by atoms with Gasteiger partial charge in [0.05, 0.1) is 6.61 Å². The summed E-state index contributed by atoms with van der Waals surface area (Å²) in [5, 5.41) is 13.3. The van der Waals surface area contributed by atoms with Crippen molar-refractivity contribution in [2.75, 3.05) is 13.2 Å². The lowest BCUT2D eigenvalue weighted by Gasteiger charge is -2.40. The van der Waals surface area contributed by atoms with Gasteiger partial charge in [-0.15, -0.1) is 0 Å². The Labute approximate surface area is 99.8 Å². The molecule has 2 aliphatic carbocycles. The number of rotatable bonds is 6. The van der Waals surface area contributed by atoms with Crippen LogP contribution in [0.4, 0.5) is 0 Å². The summed E-state index contributed by atoms with van der Waals surface area (Å²) in [5.41, 5.74) is 0.0762. The second-order valence-electron chi connectivity index (χ2n) is 5.99. The maximum Gasteiger partial charge on any atom is 0.0613 e. The third-order valence-electron chi connectivity index (χ3n) is 4.52. The van der Waals surface area contributed by atoms with Crippen molar-refractivity contribution < 1.29 is 5.11 Å². The monoisotopic (exact) mass is 225 g/mol. The molecule has 0 atom stereocenters. The maximum atomic E-state index is 9.63. The largest absolute Gasteiger partial charge is 0.394 e. The molecule has 0 aromatic carbocycles. The quantitative estimate of drug-likeness (QED) is 0.728. The number of aliphatic hydroxyl groups is 1. The molecule has 0 radical (unpaired) electrons. The molecule has 2 rings (SSSR count). The van der Waals surface area contributed by atoms with Crippen molar-refractivity contribution in [2.45, 2.75) is 63.8 Å². The van der Waals surface area contributed by atoms with Crippen molar-refractivity contribution in [3.63, 3.8) is 0 Å². The summed E-state index contributed by atoms with van der Waals surface area (Å²) in [5.74, 6) is 1.84. The minimum absolute atomic E-state index is 0.0762. The molecule has 2 heteroatoms. The highest BCUT2D eigenvalue weighted by molar-refractivity contribution is 4.94. The molecular formula is C14H27NO. The lowest BCUT2D eigenvalue weighted by molar-refractivity contribution is 0.0991. The fourth-order valence-electron chi connectivity index (χ4n) is 3.00. The smallest absolute Gasteiger partial charge is 0.0613 e. The van der Waals surface area contributed by atoms with Gasteiger partial charge in [-0.1, -0.05) is 19.8 Å². The molecule has 2 nitrogen and oxygen atoms in total. The molecule has 0 saturated heterocycles. The van der Waals surface area contributed by atoms with Crippen LogP contribution in [0, 0.1) is 11.8 Å². The van der Waals surface area contributed by atoms with Crippen molar-refractivity contribution in [1.29, 1.82) is 0 Å². The molecule has 2 fully saturated rings. The predicted molar refractivity (Wildman–Crippen MR) is 67.4 cm³/mol. The van der Waals surface area contributed by atoms with Crippen molar-refractivity contribution in [3.8, 4) is 0 Å². The molecule has 2 aliphatic rings. The average Bonchev–Trinajstić information content (AvgIpc) is 3.13. The molecule has 0 aromatic rings. The highest BCUT2D eigenvalue weighted by Crippen LogP contribution is 2.35. The van der Waals surface area contributed by atoms with E-state index in [2.05, 4.69) is 12.2 Å². The topological polar surface area (TPSA) is 32.3 Å². The van der Waals surface area contributed by atoms with Crippen LogP contribution in [-0.4, -0.2) is 23.8 Å². The van der Waals surface area contributed by atoms with Gasteiger partial charge in [-0.2, -0.15) is 0 Å². The van der Waals surface area contributed by atoms with E-state index in [1.54, 1.807) is 0 Å². The molecular weight excluding hydrogens is 198 g/mol. The van der Waals surface area contributed by atoms with Crippen LogP contribution in [0.1, 0.15) is 58.3 Å². The zero-order valence-electron chi connectivity index (χ0n) is 10.7. The molecule has 0 spiro atoms. The summed E-state index contributed by atoms with van der Waals surface area (Å²) in [6.45, 7) is 3.75. The fraction of sp³-hybridized carbons (Fsp3) is 1.00.